The van der Waals surface area contributed by atoms with Gasteiger partial charge in [-0.2, -0.15) is 0 Å². The number of piperidine rings is 1. The smallest absolute Gasteiger partial charge is 0.138 e. The lowest BCUT2D eigenvalue weighted by atomic mass is 9.95. The average Bonchev–Trinajstić information content (AvgIpc) is 2.61. The lowest BCUT2D eigenvalue weighted by Gasteiger charge is -2.20. The van der Waals surface area contributed by atoms with E-state index in [0.717, 1.165) is 24.5 Å². The van der Waals surface area contributed by atoms with Crippen LogP contribution in [-0.2, 0) is 11.2 Å². The van der Waals surface area contributed by atoms with E-state index in [0.29, 0.717) is 12.2 Å². The number of hydrogen-bond donors (Lipinski definition) is 1. The highest BCUT2D eigenvalue weighted by Gasteiger charge is 2.22. The predicted octanol–water partition coefficient (Wildman–Crippen LogP) is 0.864. The van der Waals surface area contributed by atoms with E-state index in [9.17, 15) is 4.79 Å². The van der Waals surface area contributed by atoms with E-state index in [1.54, 1.807) is 17.5 Å². The van der Waals surface area contributed by atoms with Crippen molar-refractivity contribution in [3.63, 3.8) is 0 Å². The summed E-state index contributed by atoms with van der Waals surface area (Å²) < 4.78 is 0. The third kappa shape index (κ3) is 2.14. The van der Waals surface area contributed by atoms with Crippen molar-refractivity contribution in [3.05, 3.63) is 16.6 Å². The first-order valence-corrected chi connectivity index (χ1v) is 5.36. The van der Waals surface area contributed by atoms with Crippen LogP contribution in [0.1, 0.15) is 11.4 Å². The highest BCUT2D eigenvalue weighted by Crippen LogP contribution is 2.14. The van der Waals surface area contributed by atoms with Gasteiger partial charge in [0.1, 0.15) is 5.78 Å². The molecule has 70 valence electrons. The summed E-state index contributed by atoms with van der Waals surface area (Å²) in [6.07, 6.45) is 3.28. The molecule has 1 fully saturated rings. The Balaban J connectivity index is 1.97. The Bertz CT molecular complexity index is 284. The molecule has 0 amide bonds. The number of thiazole rings is 1. The summed E-state index contributed by atoms with van der Waals surface area (Å²) in [4.78, 5) is 15.6. The topological polar surface area (TPSA) is 42.0 Å². The highest BCUT2D eigenvalue weighted by molar-refractivity contribution is 7.09. The predicted molar refractivity (Wildman–Crippen MR) is 51.8 cm³/mol. The van der Waals surface area contributed by atoms with Gasteiger partial charge in [-0.3, -0.25) is 4.79 Å². The van der Waals surface area contributed by atoms with Gasteiger partial charge in [0, 0.05) is 43.4 Å². The lowest BCUT2D eigenvalue weighted by molar-refractivity contribution is -0.123. The third-order valence-electron chi connectivity index (χ3n) is 2.30. The second kappa shape index (κ2) is 3.98. The minimum absolute atomic E-state index is 0.153. The summed E-state index contributed by atoms with van der Waals surface area (Å²) in [6, 6.07) is 0. The van der Waals surface area contributed by atoms with Gasteiger partial charge in [0.05, 0.1) is 5.01 Å². The van der Waals surface area contributed by atoms with Gasteiger partial charge in [0.15, 0.2) is 0 Å². The highest BCUT2D eigenvalue weighted by atomic mass is 32.1. The number of nitrogens with one attached hydrogen (secondary N) is 1. The number of Topliss-reactive ketones (excluding diaryl/α,β-unsaturated/α-hetero) is 1. The van der Waals surface area contributed by atoms with Crippen LogP contribution in [0.15, 0.2) is 11.6 Å². The minimum atomic E-state index is 0.153. The van der Waals surface area contributed by atoms with Gasteiger partial charge in [0.2, 0.25) is 0 Å². The first kappa shape index (κ1) is 8.84. The number of carbonyl (C=O) groups excluding carboxylic acids is 1. The van der Waals surface area contributed by atoms with Crippen molar-refractivity contribution in [2.45, 2.75) is 12.8 Å². The fraction of sp³-hybridized carbons (Fsp3) is 0.556. The molecule has 4 heteroatoms. The number of aromatic nitrogens is 1. The zero-order valence-electron chi connectivity index (χ0n) is 7.32. The molecule has 2 rings (SSSR count). The summed E-state index contributed by atoms with van der Waals surface area (Å²) >= 11 is 1.63. The Morgan fingerprint density at radius 1 is 1.69 bits per heavy atom. The van der Waals surface area contributed by atoms with Crippen LogP contribution in [0.5, 0.6) is 0 Å². The Morgan fingerprint density at radius 3 is 3.31 bits per heavy atom. The average molecular weight is 196 g/mol. The summed E-state index contributed by atoms with van der Waals surface area (Å²) in [5.41, 5.74) is 0. The standard InChI is InChI=1S/C9H12N2OS/c12-8-1-2-10-6-7(8)5-9-11-3-4-13-9/h3-4,7,10H,1-2,5-6H2. The molecule has 13 heavy (non-hydrogen) atoms. The number of rotatable bonds is 2. The molecular formula is C9H12N2OS. The number of hydrogen-bond acceptors (Lipinski definition) is 4. The van der Waals surface area contributed by atoms with Crippen LogP contribution in [0, 0.1) is 5.92 Å². The van der Waals surface area contributed by atoms with Crippen molar-refractivity contribution < 1.29 is 4.79 Å². The summed E-state index contributed by atoms with van der Waals surface area (Å²) in [7, 11) is 0. The lowest BCUT2D eigenvalue weighted by Crippen LogP contribution is -2.37. The fourth-order valence-corrected chi connectivity index (χ4v) is 2.25. The zero-order valence-corrected chi connectivity index (χ0v) is 8.14. The maximum Gasteiger partial charge on any atom is 0.138 e. The normalized spacial score (nSPS) is 23.4. The summed E-state index contributed by atoms with van der Waals surface area (Å²) in [6.45, 7) is 1.66. The molecule has 1 N–H and O–H groups in total. The largest absolute Gasteiger partial charge is 0.316 e. The van der Waals surface area contributed by atoms with Gasteiger partial charge in [0.25, 0.3) is 0 Å². The molecule has 1 aromatic rings. The van der Waals surface area contributed by atoms with Crippen LogP contribution < -0.4 is 5.32 Å². The molecule has 1 aliphatic heterocycles. The van der Waals surface area contributed by atoms with E-state index in [1.165, 1.54) is 0 Å². The first-order valence-electron chi connectivity index (χ1n) is 4.48. The van der Waals surface area contributed by atoms with Crippen molar-refractivity contribution in [3.8, 4) is 0 Å². The molecule has 0 bridgehead atoms. The molecule has 1 aliphatic rings. The molecule has 1 atom stereocenters. The van der Waals surface area contributed by atoms with Crippen LogP contribution in [0.4, 0.5) is 0 Å². The molecule has 1 unspecified atom stereocenters. The van der Waals surface area contributed by atoms with Crippen molar-refractivity contribution in [2.24, 2.45) is 5.92 Å². The van der Waals surface area contributed by atoms with Crippen LogP contribution >= 0.6 is 11.3 Å². The Labute approximate surface area is 81.2 Å². The van der Waals surface area contributed by atoms with Crippen molar-refractivity contribution in [1.29, 1.82) is 0 Å². The van der Waals surface area contributed by atoms with Crippen LogP contribution in [0.25, 0.3) is 0 Å². The van der Waals surface area contributed by atoms with Gasteiger partial charge in [-0.15, -0.1) is 11.3 Å². The Hall–Kier alpha value is -0.740. The van der Waals surface area contributed by atoms with Crippen molar-refractivity contribution in [1.82, 2.24) is 10.3 Å². The van der Waals surface area contributed by atoms with E-state index in [2.05, 4.69) is 10.3 Å². The van der Waals surface area contributed by atoms with Gasteiger partial charge in [-0.1, -0.05) is 0 Å². The Kier molecular flexibility index (Phi) is 2.71. The van der Waals surface area contributed by atoms with Gasteiger partial charge < -0.3 is 5.32 Å². The van der Waals surface area contributed by atoms with Gasteiger partial charge >= 0.3 is 0 Å². The van der Waals surface area contributed by atoms with Gasteiger partial charge in [-0.25, -0.2) is 4.98 Å². The quantitative estimate of drug-likeness (QED) is 0.763. The second-order valence-electron chi connectivity index (χ2n) is 3.25. The minimum Gasteiger partial charge on any atom is -0.316 e. The monoisotopic (exact) mass is 196 g/mol. The molecule has 3 nitrogen and oxygen atoms in total. The molecular weight excluding hydrogens is 184 g/mol. The number of nitrogens with zero attached hydrogens (tertiary/aromatic N) is 1. The molecule has 0 aliphatic carbocycles. The molecule has 0 spiro atoms. The molecule has 0 saturated carbocycles. The number of ketones is 1. The summed E-state index contributed by atoms with van der Waals surface area (Å²) in [5, 5.41) is 6.26. The zero-order chi connectivity index (χ0) is 9.10. The third-order valence-corrected chi connectivity index (χ3v) is 3.10. The second-order valence-corrected chi connectivity index (χ2v) is 4.23. The molecule has 1 aromatic heterocycles. The fourth-order valence-electron chi connectivity index (χ4n) is 1.56. The maximum atomic E-state index is 11.5. The van der Waals surface area contributed by atoms with Crippen molar-refractivity contribution >= 4 is 17.1 Å². The Morgan fingerprint density at radius 2 is 2.62 bits per heavy atom. The number of carbonyl (C=O) groups is 1. The van der Waals surface area contributed by atoms with Crippen LogP contribution in [-0.4, -0.2) is 23.9 Å². The van der Waals surface area contributed by atoms with Crippen LogP contribution in [0.2, 0.25) is 0 Å². The van der Waals surface area contributed by atoms with E-state index < -0.39 is 0 Å². The van der Waals surface area contributed by atoms with E-state index >= 15 is 0 Å². The van der Waals surface area contributed by atoms with Crippen molar-refractivity contribution in [2.75, 3.05) is 13.1 Å². The summed E-state index contributed by atoms with van der Waals surface area (Å²) in [5.74, 6) is 0.536. The first-order chi connectivity index (χ1) is 6.36. The molecule has 0 radical (unpaired) electrons. The van der Waals surface area contributed by atoms with E-state index in [-0.39, 0.29) is 5.92 Å². The SMILES string of the molecule is O=C1CCNCC1Cc1nccs1. The van der Waals surface area contributed by atoms with Crippen LogP contribution in [0.3, 0.4) is 0 Å². The molecule has 1 saturated heterocycles. The van der Waals surface area contributed by atoms with E-state index in [1.807, 2.05) is 5.38 Å². The molecule has 2 heterocycles. The molecule has 0 aromatic carbocycles. The maximum absolute atomic E-state index is 11.5. The van der Waals surface area contributed by atoms with E-state index in [4.69, 9.17) is 0 Å². The van der Waals surface area contributed by atoms with Gasteiger partial charge in [-0.05, 0) is 0 Å².